The Balaban J connectivity index is 1.90. The van der Waals surface area contributed by atoms with E-state index in [1.807, 2.05) is 0 Å². The molecule has 5 N–H and O–H groups in total. The minimum atomic E-state index is -3.84. The molecule has 3 aromatic rings. The molecule has 0 aliphatic rings. The molecule has 3 rings (SSSR count). The zero-order valence-electron chi connectivity index (χ0n) is 16.6. The Labute approximate surface area is 189 Å². The number of anilines is 3. The van der Waals surface area contributed by atoms with Crippen LogP contribution in [0.1, 0.15) is 0 Å². The lowest BCUT2D eigenvalue weighted by Crippen LogP contribution is -2.24. The highest BCUT2D eigenvalue weighted by Crippen LogP contribution is 2.35. The number of benzene rings is 2. The van der Waals surface area contributed by atoms with Crippen molar-refractivity contribution >= 4 is 57.7 Å². The van der Waals surface area contributed by atoms with E-state index in [4.69, 9.17) is 17.0 Å². The van der Waals surface area contributed by atoms with E-state index in [1.165, 1.54) is 54.8 Å². The summed E-state index contributed by atoms with van der Waals surface area (Å²) in [4.78, 5) is 3.94. The molecule has 1 aromatic heterocycles. The van der Waals surface area contributed by atoms with E-state index in [1.54, 1.807) is 12.1 Å². The molecule has 0 unspecified atom stereocenters. The van der Waals surface area contributed by atoms with Crippen LogP contribution in [0.15, 0.2) is 65.7 Å². The summed E-state index contributed by atoms with van der Waals surface area (Å²) in [6.45, 7) is 3.76. The Bertz CT molecular complexity index is 1390. The summed E-state index contributed by atoms with van der Waals surface area (Å²) in [7, 11) is -3.84. The van der Waals surface area contributed by atoms with Gasteiger partial charge in [0.1, 0.15) is 28.0 Å². The van der Waals surface area contributed by atoms with Gasteiger partial charge in [-0.3, -0.25) is 4.72 Å². The first kappa shape index (κ1) is 22.9. The van der Waals surface area contributed by atoms with Crippen LogP contribution in [0.25, 0.3) is 12.7 Å². The maximum absolute atomic E-state index is 12.5. The third-order valence-electron chi connectivity index (χ3n) is 4.34. The standard InChI is InChI=1S/C22H19ClN4O4S/c1-14-17(6-2-4-12-24)22(29)19(23)20(21(14)28)26-15-8-10-16(11-9-15)32(30,31)27-18-7-3-5-13-25-18/h2-13,24,26,28-29H,1H2,(H,25,27)/b4-2-,17-6+,24-12?. The third kappa shape index (κ3) is 4.90. The summed E-state index contributed by atoms with van der Waals surface area (Å²) in [5.41, 5.74) is 0.433. The van der Waals surface area contributed by atoms with Crippen LogP contribution in [-0.4, -0.2) is 29.8 Å². The molecule has 0 radical (unpaired) electrons. The van der Waals surface area contributed by atoms with Crippen LogP contribution in [0.5, 0.6) is 11.5 Å². The summed E-state index contributed by atoms with van der Waals surface area (Å²) in [6, 6.07) is 10.6. The van der Waals surface area contributed by atoms with Crippen molar-refractivity contribution in [3.05, 3.63) is 76.3 Å². The normalized spacial score (nSPS) is 12.1. The number of nitrogens with one attached hydrogen (secondary N) is 3. The Morgan fingerprint density at radius 2 is 1.78 bits per heavy atom. The average molecular weight is 471 g/mol. The second kappa shape index (κ2) is 9.54. The highest BCUT2D eigenvalue weighted by molar-refractivity contribution is 7.92. The van der Waals surface area contributed by atoms with Gasteiger partial charge in [-0.15, -0.1) is 0 Å². The Hall–Kier alpha value is -3.82. The smallest absolute Gasteiger partial charge is 0.263 e. The Morgan fingerprint density at radius 1 is 1.06 bits per heavy atom. The molecule has 0 aliphatic carbocycles. The van der Waals surface area contributed by atoms with Crippen LogP contribution >= 0.6 is 11.6 Å². The minimum Gasteiger partial charge on any atom is -0.506 e. The van der Waals surface area contributed by atoms with E-state index >= 15 is 0 Å². The molecule has 2 aromatic carbocycles. The number of phenols is 2. The van der Waals surface area contributed by atoms with Crippen molar-refractivity contribution in [2.75, 3.05) is 10.0 Å². The fraction of sp³-hybridized carbons (Fsp3) is 0. The lowest BCUT2D eigenvalue weighted by molar-refractivity contribution is 0.455. The number of nitrogens with zero attached hydrogens (tertiary/aromatic N) is 1. The van der Waals surface area contributed by atoms with Gasteiger partial charge in [0.2, 0.25) is 0 Å². The Morgan fingerprint density at radius 3 is 2.41 bits per heavy atom. The molecular formula is C22H19ClN4O4S. The fourth-order valence-corrected chi connectivity index (χ4v) is 3.99. The molecule has 0 saturated carbocycles. The van der Waals surface area contributed by atoms with Gasteiger partial charge < -0.3 is 20.9 Å². The number of allylic oxidation sites excluding steroid dienone is 2. The topological polar surface area (TPSA) is 135 Å². The SMILES string of the molecule is C=c1c(O)c(Nc2ccc(S(=O)(=O)Nc3ccccn3)cc2)c(Cl)c(O)/c1=C/C=C\C=N. The maximum atomic E-state index is 12.5. The second-order valence-electron chi connectivity index (χ2n) is 6.47. The monoisotopic (exact) mass is 470 g/mol. The van der Waals surface area contributed by atoms with Gasteiger partial charge in [0, 0.05) is 28.5 Å². The predicted octanol–water partition coefficient (Wildman–Crippen LogP) is 3.09. The maximum Gasteiger partial charge on any atom is 0.263 e. The van der Waals surface area contributed by atoms with E-state index in [-0.39, 0.29) is 43.4 Å². The summed E-state index contributed by atoms with van der Waals surface area (Å²) in [5.74, 6) is -0.390. The van der Waals surface area contributed by atoms with Crippen LogP contribution in [0.4, 0.5) is 17.2 Å². The molecule has 0 spiro atoms. The number of aromatic hydroxyl groups is 2. The van der Waals surface area contributed by atoms with E-state index in [0.29, 0.717) is 5.69 Å². The number of aromatic nitrogens is 1. The van der Waals surface area contributed by atoms with E-state index in [0.717, 1.165) is 6.21 Å². The molecule has 164 valence electrons. The van der Waals surface area contributed by atoms with Gasteiger partial charge in [-0.05, 0) is 42.5 Å². The first-order valence-corrected chi connectivity index (χ1v) is 11.0. The van der Waals surface area contributed by atoms with Crippen molar-refractivity contribution in [3.63, 3.8) is 0 Å². The third-order valence-corrected chi connectivity index (χ3v) is 6.08. The zero-order valence-corrected chi connectivity index (χ0v) is 18.2. The van der Waals surface area contributed by atoms with Crippen molar-refractivity contribution in [2.24, 2.45) is 0 Å². The highest BCUT2D eigenvalue weighted by atomic mass is 35.5. The number of phenolic OH excluding ortho intramolecular Hbond substituents is 2. The Kier molecular flexibility index (Phi) is 6.82. The second-order valence-corrected chi connectivity index (χ2v) is 8.53. The summed E-state index contributed by atoms with van der Waals surface area (Å²) >= 11 is 6.23. The van der Waals surface area contributed by atoms with E-state index in [9.17, 15) is 18.6 Å². The molecule has 0 saturated heterocycles. The summed E-state index contributed by atoms with van der Waals surface area (Å²) in [6.07, 6.45) is 6.92. The van der Waals surface area contributed by atoms with Gasteiger partial charge in [-0.1, -0.05) is 36.4 Å². The van der Waals surface area contributed by atoms with Gasteiger partial charge in [0.05, 0.1) is 4.90 Å². The summed E-state index contributed by atoms with van der Waals surface area (Å²) in [5, 5.41) is 31.0. The van der Waals surface area contributed by atoms with Crippen molar-refractivity contribution < 1.29 is 18.6 Å². The number of halogens is 1. The largest absolute Gasteiger partial charge is 0.506 e. The molecule has 0 atom stereocenters. The van der Waals surface area contributed by atoms with Gasteiger partial charge in [-0.25, -0.2) is 13.4 Å². The quantitative estimate of drug-likeness (QED) is 0.204. The van der Waals surface area contributed by atoms with Crippen LogP contribution in [0.3, 0.4) is 0 Å². The number of hydrogen-bond acceptors (Lipinski definition) is 7. The highest BCUT2D eigenvalue weighted by Gasteiger charge is 2.17. The van der Waals surface area contributed by atoms with Crippen LogP contribution in [0, 0.1) is 5.41 Å². The van der Waals surface area contributed by atoms with Crippen LogP contribution in [-0.2, 0) is 10.0 Å². The first-order valence-electron chi connectivity index (χ1n) is 9.15. The van der Waals surface area contributed by atoms with Crippen molar-refractivity contribution in [3.8, 4) is 11.5 Å². The van der Waals surface area contributed by atoms with Crippen molar-refractivity contribution in [1.29, 1.82) is 5.41 Å². The van der Waals surface area contributed by atoms with E-state index < -0.39 is 10.0 Å². The zero-order chi connectivity index (χ0) is 23.3. The molecule has 0 aliphatic heterocycles. The first-order chi connectivity index (χ1) is 15.2. The molecule has 10 heteroatoms. The molecule has 0 amide bonds. The summed E-state index contributed by atoms with van der Waals surface area (Å²) < 4.78 is 27.4. The lowest BCUT2D eigenvalue weighted by Gasteiger charge is -2.13. The molecule has 1 heterocycles. The van der Waals surface area contributed by atoms with Crippen LogP contribution < -0.4 is 20.5 Å². The molecule has 0 fully saturated rings. The average Bonchev–Trinajstić information content (AvgIpc) is 2.78. The molecule has 0 bridgehead atoms. The van der Waals surface area contributed by atoms with Gasteiger partial charge in [0.25, 0.3) is 10.0 Å². The molecular weight excluding hydrogens is 452 g/mol. The van der Waals surface area contributed by atoms with Gasteiger partial charge in [-0.2, -0.15) is 0 Å². The molecule has 32 heavy (non-hydrogen) atoms. The van der Waals surface area contributed by atoms with Crippen LogP contribution in [0.2, 0.25) is 5.02 Å². The van der Waals surface area contributed by atoms with E-state index in [2.05, 4.69) is 21.6 Å². The minimum absolute atomic E-state index is 0.00708. The predicted molar refractivity (Wildman–Crippen MR) is 127 cm³/mol. The number of pyridine rings is 1. The van der Waals surface area contributed by atoms with Crippen molar-refractivity contribution in [2.45, 2.75) is 4.90 Å². The molecule has 8 nitrogen and oxygen atoms in total. The van der Waals surface area contributed by atoms with Gasteiger partial charge >= 0.3 is 0 Å². The number of sulfonamides is 1. The lowest BCUT2D eigenvalue weighted by atomic mass is 10.1. The van der Waals surface area contributed by atoms with Gasteiger partial charge in [0.15, 0.2) is 0 Å². The number of hydrogen-bond donors (Lipinski definition) is 5. The van der Waals surface area contributed by atoms with Crippen molar-refractivity contribution in [1.82, 2.24) is 4.98 Å². The number of rotatable bonds is 7. The fourth-order valence-electron chi connectivity index (χ4n) is 2.74.